The minimum atomic E-state index is -0.230. The molecule has 0 spiro atoms. The van der Waals surface area contributed by atoms with E-state index in [2.05, 4.69) is 35.7 Å². The van der Waals surface area contributed by atoms with Gasteiger partial charge in [0, 0.05) is 6.54 Å². The number of halogens is 1. The van der Waals surface area contributed by atoms with Crippen LogP contribution in [0.4, 0.5) is 0 Å². The Morgan fingerprint density at radius 3 is 2.68 bits per heavy atom. The van der Waals surface area contributed by atoms with E-state index in [4.69, 9.17) is 11.6 Å². The third-order valence-corrected chi connectivity index (χ3v) is 3.57. The Morgan fingerprint density at radius 2 is 2.05 bits per heavy atom. The third-order valence-electron chi connectivity index (χ3n) is 3.33. The molecule has 0 aliphatic carbocycles. The molecule has 0 aliphatic rings. The summed E-state index contributed by atoms with van der Waals surface area (Å²) in [7, 11) is 1.39. The molecule has 0 amide bonds. The molecule has 1 aromatic carbocycles. The summed E-state index contributed by atoms with van der Waals surface area (Å²) in [4.78, 5) is 15.8. The maximum Gasteiger partial charge on any atom is 0.307 e. The van der Waals surface area contributed by atoms with Gasteiger partial charge in [-0.1, -0.05) is 0 Å². The van der Waals surface area contributed by atoms with Gasteiger partial charge in [-0.25, -0.2) is 4.98 Å². The SMILES string of the molecule is COC(=O)CCn1c(CCl)nc2cc(C)c(C)cc21. The summed E-state index contributed by atoms with van der Waals surface area (Å²) in [5.74, 6) is 0.880. The lowest BCUT2D eigenvalue weighted by atomic mass is 10.1. The monoisotopic (exact) mass is 280 g/mol. The van der Waals surface area contributed by atoms with Crippen molar-refractivity contribution in [3.8, 4) is 0 Å². The highest BCUT2D eigenvalue weighted by atomic mass is 35.5. The van der Waals surface area contributed by atoms with Crippen molar-refractivity contribution < 1.29 is 9.53 Å². The van der Waals surface area contributed by atoms with Crippen molar-refractivity contribution in [2.24, 2.45) is 0 Å². The molecular weight excluding hydrogens is 264 g/mol. The number of hydrogen-bond donors (Lipinski definition) is 0. The molecule has 0 fully saturated rings. The first kappa shape index (κ1) is 13.9. The van der Waals surface area contributed by atoms with Crippen LogP contribution in [0.15, 0.2) is 12.1 Å². The summed E-state index contributed by atoms with van der Waals surface area (Å²) >= 11 is 5.93. The van der Waals surface area contributed by atoms with Gasteiger partial charge >= 0.3 is 5.97 Å². The maximum absolute atomic E-state index is 11.3. The number of hydrogen-bond acceptors (Lipinski definition) is 3. The standard InChI is InChI=1S/C14H17ClN2O2/c1-9-6-11-12(7-10(9)2)17(13(8-15)16-11)5-4-14(18)19-3/h6-7H,4-5,8H2,1-3H3. The lowest BCUT2D eigenvalue weighted by Crippen LogP contribution is -2.09. The van der Waals surface area contributed by atoms with Gasteiger partial charge in [-0.3, -0.25) is 4.79 Å². The van der Waals surface area contributed by atoms with Gasteiger partial charge in [0.25, 0.3) is 0 Å². The van der Waals surface area contributed by atoms with E-state index in [0.717, 1.165) is 16.9 Å². The number of aryl methyl sites for hydroxylation is 3. The first-order chi connectivity index (χ1) is 9.06. The normalized spacial score (nSPS) is 10.9. The molecule has 4 nitrogen and oxygen atoms in total. The fourth-order valence-corrected chi connectivity index (χ4v) is 2.29. The highest BCUT2D eigenvalue weighted by Gasteiger charge is 2.12. The Bertz CT molecular complexity index is 619. The minimum absolute atomic E-state index is 0.230. The van der Waals surface area contributed by atoms with Crippen LogP contribution in [0.2, 0.25) is 0 Å². The van der Waals surface area contributed by atoms with Crippen molar-refractivity contribution in [2.75, 3.05) is 7.11 Å². The molecule has 1 aromatic heterocycles. The fraction of sp³-hybridized carbons (Fsp3) is 0.429. The lowest BCUT2D eigenvalue weighted by Gasteiger charge is -2.07. The van der Waals surface area contributed by atoms with Crippen molar-refractivity contribution in [2.45, 2.75) is 32.7 Å². The fourth-order valence-electron chi connectivity index (χ4n) is 2.09. The van der Waals surface area contributed by atoms with Crippen LogP contribution in [-0.2, 0) is 22.0 Å². The third kappa shape index (κ3) is 2.73. The maximum atomic E-state index is 11.3. The van der Waals surface area contributed by atoms with E-state index < -0.39 is 0 Å². The average molecular weight is 281 g/mol. The van der Waals surface area contributed by atoms with Gasteiger partial charge < -0.3 is 9.30 Å². The number of alkyl halides is 1. The number of fused-ring (bicyclic) bond motifs is 1. The summed E-state index contributed by atoms with van der Waals surface area (Å²) in [6.07, 6.45) is 0.318. The largest absolute Gasteiger partial charge is 0.469 e. The molecule has 0 saturated carbocycles. The average Bonchev–Trinajstić information content (AvgIpc) is 2.73. The molecule has 0 radical (unpaired) electrons. The predicted molar refractivity (Wildman–Crippen MR) is 75.4 cm³/mol. The van der Waals surface area contributed by atoms with Crippen LogP contribution in [0.3, 0.4) is 0 Å². The molecule has 0 bridgehead atoms. The van der Waals surface area contributed by atoms with Crippen LogP contribution in [0.25, 0.3) is 11.0 Å². The van der Waals surface area contributed by atoms with Crippen LogP contribution in [0.5, 0.6) is 0 Å². The molecule has 2 aromatic rings. The van der Waals surface area contributed by atoms with E-state index in [9.17, 15) is 4.79 Å². The van der Waals surface area contributed by atoms with Gasteiger partial charge in [0.05, 0.1) is 30.4 Å². The smallest absolute Gasteiger partial charge is 0.307 e. The molecule has 0 aliphatic heterocycles. The van der Waals surface area contributed by atoms with Crippen LogP contribution >= 0.6 is 11.6 Å². The first-order valence-electron chi connectivity index (χ1n) is 6.16. The molecular formula is C14H17ClN2O2. The molecule has 19 heavy (non-hydrogen) atoms. The van der Waals surface area contributed by atoms with Gasteiger partial charge in [-0.2, -0.15) is 0 Å². The molecule has 0 N–H and O–H groups in total. The van der Waals surface area contributed by atoms with Gasteiger partial charge in [-0.15, -0.1) is 11.6 Å². The zero-order chi connectivity index (χ0) is 14.0. The number of benzene rings is 1. The molecule has 0 atom stereocenters. The molecule has 2 rings (SSSR count). The van der Waals surface area contributed by atoms with Gasteiger partial charge in [0.15, 0.2) is 0 Å². The minimum Gasteiger partial charge on any atom is -0.469 e. The summed E-state index contributed by atoms with van der Waals surface area (Å²) in [5, 5.41) is 0. The van der Waals surface area contributed by atoms with E-state index in [-0.39, 0.29) is 5.97 Å². The number of aromatic nitrogens is 2. The van der Waals surface area contributed by atoms with E-state index >= 15 is 0 Å². The van der Waals surface area contributed by atoms with Crippen molar-refractivity contribution in [3.63, 3.8) is 0 Å². The second-order valence-electron chi connectivity index (χ2n) is 4.56. The number of methoxy groups -OCH3 is 1. The Hall–Kier alpha value is -1.55. The number of esters is 1. The van der Waals surface area contributed by atoms with E-state index in [1.165, 1.54) is 18.2 Å². The van der Waals surface area contributed by atoms with Crippen LogP contribution < -0.4 is 0 Å². The number of ether oxygens (including phenoxy) is 1. The van der Waals surface area contributed by atoms with Gasteiger partial charge in [-0.05, 0) is 37.1 Å². The topological polar surface area (TPSA) is 44.1 Å². The van der Waals surface area contributed by atoms with E-state index in [1.54, 1.807) is 0 Å². The van der Waals surface area contributed by atoms with Crippen molar-refractivity contribution in [1.29, 1.82) is 0 Å². The van der Waals surface area contributed by atoms with Crippen molar-refractivity contribution >= 4 is 28.6 Å². The molecule has 5 heteroatoms. The molecule has 102 valence electrons. The Balaban J connectivity index is 2.44. The van der Waals surface area contributed by atoms with E-state index in [0.29, 0.717) is 18.8 Å². The Labute approximate surface area is 117 Å². The van der Waals surface area contributed by atoms with E-state index in [1.807, 2.05) is 4.57 Å². The number of nitrogens with zero attached hydrogens (tertiary/aromatic N) is 2. The first-order valence-corrected chi connectivity index (χ1v) is 6.69. The number of rotatable bonds is 4. The van der Waals surface area contributed by atoms with Gasteiger partial charge in [0.2, 0.25) is 0 Å². The molecule has 0 saturated heterocycles. The second kappa shape index (κ2) is 5.61. The quantitative estimate of drug-likeness (QED) is 0.639. The summed E-state index contributed by atoms with van der Waals surface area (Å²) < 4.78 is 6.66. The van der Waals surface area contributed by atoms with Crippen molar-refractivity contribution in [3.05, 3.63) is 29.1 Å². The van der Waals surface area contributed by atoms with Crippen LogP contribution in [0.1, 0.15) is 23.4 Å². The number of imidazole rings is 1. The highest BCUT2D eigenvalue weighted by molar-refractivity contribution is 6.16. The van der Waals surface area contributed by atoms with Crippen molar-refractivity contribution in [1.82, 2.24) is 9.55 Å². The highest BCUT2D eigenvalue weighted by Crippen LogP contribution is 2.22. The molecule has 1 heterocycles. The zero-order valence-corrected chi connectivity index (χ0v) is 12.1. The molecule has 0 unspecified atom stereocenters. The Kier molecular flexibility index (Phi) is 4.10. The summed E-state index contributed by atoms with van der Waals surface area (Å²) in [6.45, 7) is 4.66. The van der Waals surface area contributed by atoms with Gasteiger partial charge in [0.1, 0.15) is 5.82 Å². The van der Waals surface area contributed by atoms with Crippen LogP contribution in [0, 0.1) is 13.8 Å². The second-order valence-corrected chi connectivity index (χ2v) is 4.83. The zero-order valence-electron chi connectivity index (χ0n) is 11.4. The Morgan fingerprint density at radius 1 is 1.37 bits per heavy atom. The van der Waals surface area contributed by atoms with Crippen LogP contribution in [-0.4, -0.2) is 22.6 Å². The summed E-state index contributed by atoms with van der Waals surface area (Å²) in [6, 6.07) is 4.14. The number of carbonyl (C=O) groups is 1. The lowest BCUT2D eigenvalue weighted by molar-refractivity contribution is -0.140. The summed E-state index contributed by atoms with van der Waals surface area (Å²) in [5.41, 5.74) is 4.34. The predicted octanol–water partition coefficient (Wildman–Crippen LogP) is 2.96. The number of carbonyl (C=O) groups excluding carboxylic acids is 1.